The Kier molecular flexibility index (Phi) is 4.88. The predicted octanol–water partition coefficient (Wildman–Crippen LogP) is 3.72. The Morgan fingerprint density at radius 2 is 1.87 bits per heavy atom. The van der Waals surface area contributed by atoms with Gasteiger partial charge in [-0.3, -0.25) is 4.79 Å². The lowest BCUT2D eigenvalue weighted by Crippen LogP contribution is -2.49. The quantitative estimate of drug-likeness (QED) is 0.686. The number of para-hydroxylation sites is 1. The maximum atomic E-state index is 14.0. The number of piperazine rings is 1. The van der Waals surface area contributed by atoms with E-state index < -0.39 is 0 Å². The zero-order valence-electron chi connectivity index (χ0n) is 16.0. The van der Waals surface area contributed by atoms with Crippen molar-refractivity contribution in [1.29, 1.82) is 0 Å². The van der Waals surface area contributed by atoms with E-state index in [1.54, 1.807) is 22.4 Å². The van der Waals surface area contributed by atoms with Crippen LogP contribution in [0.25, 0.3) is 0 Å². The third kappa shape index (κ3) is 3.63. The van der Waals surface area contributed by atoms with Gasteiger partial charge in [-0.2, -0.15) is 0 Å². The van der Waals surface area contributed by atoms with Crippen molar-refractivity contribution >= 4 is 33.8 Å². The van der Waals surface area contributed by atoms with Crippen molar-refractivity contribution in [3.8, 4) is 11.5 Å². The molecular weight excluding hydrogens is 407 g/mol. The van der Waals surface area contributed by atoms with Crippen molar-refractivity contribution in [1.82, 2.24) is 9.88 Å². The summed E-state index contributed by atoms with van der Waals surface area (Å²) in [4.78, 5) is 21.0. The molecule has 30 heavy (non-hydrogen) atoms. The van der Waals surface area contributed by atoms with Crippen LogP contribution in [0.4, 0.5) is 20.9 Å². The number of amides is 1. The molecule has 0 spiro atoms. The second-order valence-electron chi connectivity index (χ2n) is 6.96. The Bertz CT molecular complexity index is 1080. The van der Waals surface area contributed by atoms with Gasteiger partial charge in [-0.05, 0) is 24.3 Å². The lowest BCUT2D eigenvalue weighted by molar-refractivity contribution is 0.0741. The van der Waals surface area contributed by atoms with Crippen LogP contribution in [-0.2, 0) is 0 Å². The summed E-state index contributed by atoms with van der Waals surface area (Å²) in [5, 5.41) is 5.58. The molecule has 0 bridgehead atoms. The lowest BCUT2D eigenvalue weighted by Gasteiger charge is -2.35. The Balaban J connectivity index is 1.21. The van der Waals surface area contributed by atoms with Gasteiger partial charge in [0, 0.05) is 43.3 Å². The van der Waals surface area contributed by atoms with Crippen LogP contribution >= 0.6 is 11.3 Å². The molecule has 0 radical (unpaired) electrons. The first-order valence-corrected chi connectivity index (χ1v) is 10.5. The van der Waals surface area contributed by atoms with Crippen LogP contribution in [0.1, 0.15) is 10.5 Å². The zero-order chi connectivity index (χ0) is 20.5. The summed E-state index contributed by atoms with van der Waals surface area (Å²) in [7, 11) is 0. The van der Waals surface area contributed by atoms with Crippen LogP contribution in [0.5, 0.6) is 11.5 Å². The first kappa shape index (κ1) is 18.7. The summed E-state index contributed by atoms with van der Waals surface area (Å²) < 4.78 is 24.7. The fourth-order valence-corrected chi connectivity index (χ4v) is 4.25. The molecule has 3 heterocycles. The average Bonchev–Trinajstić information content (AvgIpc) is 3.43. The number of aromatic nitrogens is 1. The number of rotatable bonds is 4. The molecule has 2 aliphatic rings. The van der Waals surface area contributed by atoms with E-state index in [2.05, 4.69) is 10.3 Å². The van der Waals surface area contributed by atoms with Crippen LogP contribution in [0.2, 0.25) is 0 Å². The van der Waals surface area contributed by atoms with E-state index in [1.165, 1.54) is 17.4 Å². The maximum absolute atomic E-state index is 14.0. The van der Waals surface area contributed by atoms with Gasteiger partial charge in [-0.15, -0.1) is 11.3 Å². The molecule has 1 aromatic heterocycles. The standard InChI is InChI=1S/C21H19FN4O3S/c22-15-3-1-2-4-17(15)25-7-9-26(10-8-25)20(27)16-12-30-21(24-16)23-14-5-6-18-19(11-14)29-13-28-18/h1-6,11-12H,7-10,13H2,(H,23,24). The SMILES string of the molecule is O=C(c1csc(Nc2ccc3c(c2)OCO3)n1)N1CCN(c2ccccc2F)CC1. The number of thiazole rings is 1. The van der Waals surface area contributed by atoms with Gasteiger partial charge in [-0.1, -0.05) is 12.1 Å². The molecule has 0 atom stereocenters. The number of halogens is 1. The Morgan fingerprint density at radius 3 is 2.70 bits per heavy atom. The molecule has 1 N–H and O–H groups in total. The van der Waals surface area contributed by atoms with Crippen molar-refractivity contribution in [2.24, 2.45) is 0 Å². The summed E-state index contributed by atoms with van der Waals surface area (Å²) in [6.45, 7) is 2.43. The topological polar surface area (TPSA) is 66.9 Å². The van der Waals surface area contributed by atoms with Crippen LogP contribution in [-0.4, -0.2) is 48.8 Å². The molecule has 0 saturated carbocycles. The van der Waals surface area contributed by atoms with E-state index in [0.717, 1.165) is 5.69 Å². The first-order valence-electron chi connectivity index (χ1n) is 9.58. The number of hydrogen-bond acceptors (Lipinski definition) is 7. The molecule has 1 fully saturated rings. The molecule has 0 aliphatic carbocycles. The van der Waals surface area contributed by atoms with Gasteiger partial charge in [0.1, 0.15) is 11.5 Å². The summed E-state index contributed by atoms with van der Waals surface area (Å²) in [5.41, 5.74) is 1.79. The highest BCUT2D eigenvalue weighted by atomic mass is 32.1. The molecule has 9 heteroatoms. The number of fused-ring (bicyclic) bond motifs is 1. The van der Waals surface area contributed by atoms with Crippen molar-refractivity contribution in [2.75, 3.05) is 43.2 Å². The molecule has 2 aromatic carbocycles. The number of carbonyl (C=O) groups is 1. The monoisotopic (exact) mass is 426 g/mol. The van der Waals surface area contributed by atoms with E-state index in [0.29, 0.717) is 54.2 Å². The number of benzene rings is 2. The second-order valence-corrected chi connectivity index (χ2v) is 7.82. The number of ether oxygens (including phenoxy) is 2. The van der Waals surface area contributed by atoms with Gasteiger partial charge in [-0.25, -0.2) is 9.37 Å². The van der Waals surface area contributed by atoms with E-state index in [9.17, 15) is 9.18 Å². The number of hydrogen-bond donors (Lipinski definition) is 1. The second kappa shape index (κ2) is 7.83. The lowest BCUT2D eigenvalue weighted by atomic mass is 10.2. The summed E-state index contributed by atoms with van der Waals surface area (Å²) in [6.07, 6.45) is 0. The zero-order valence-corrected chi connectivity index (χ0v) is 16.8. The van der Waals surface area contributed by atoms with Crippen molar-refractivity contribution in [2.45, 2.75) is 0 Å². The largest absolute Gasteiger partial charge is 0.454 e. The van der Waals surface area contributed by atoms with Crippen molar-refractivity contribution < 1.29 is 18.7 Å². The average molecular weight is 426 g/mol. The van der Waals surface area contributed by atoms with Gasteiger partial charge in [0.05, 0.1) is 5.69 Å². The van der Waals surface area contributed by atoms with Crippen LogP contribution in [0, 0.1) is 5.82 Å². The van der Waals surface area contributed by atoms with Gasteiger partial charge in [0.15, 0.2) is 16.6 Å². The molecule has 2 aliphatic heterocycles. The predicted molar refractivity (Wildman–Crippen MR) is 112 cm³/mol. The Hall–Kier alpha value is -3.33. The third-order valence-electron chi connectivity index (χ3n) is 5.11. The van der Waals surface area contributed by atoms with Gasteiger partial charge in [0.25, 0.3) is 5.91 Å². The Labute approximate surface area is 176 Å². The maximum Gasteiger partial charge on any atom is 0.273 e. The minimum Gasteiger partial charge on any atom is -0.454 e. The molecule has 1 saturated heterocycles. The molecular formula is C21H19FN4O3S. The van der Waals surface area contributed by atoms with Gasteiger partial charge in [0.2, 0.25) is 6.79 Å². The molecule has 3 aromatic rings. The molecule has 0 unspecified atom stereocenters. The van der Waals surface area contributed by atoms with Gasteiger partial charge >= 0.3 is 0 Å². The normalized spacial score (nSPS) is 15.4. The van der Waals surface area contributed by atoms with E-state index in [4.69, 9.17) is 9.47 Å². The molecule has 1 amide bonds. The fourth-order valence-electron chi connectivity index (χ4n) is 3.55. The summed E-state index contributed by atoms with van der Waals surface area (Å²) in [6, 6.07) is 12.3. The molecule has 154 valence electrons. The van der Waals surface area contributed by atoms with Crippen molar-refractivity contribution in [3.63, 3.8) is 0 Å². The van der Waals surface area contributed by atoms with Gasteiger partial charge < -0.3 is 24.6 Å². The van der Waals surface area contributed by atoms with E-state index >= 15 is 0 Å². The first-order chi connectivity index (χ1) is 14.7. The minimum atomic E-state index is -0.240. The molecule has 7 nitrogen and oxygen atoms in total. The smallest absolute Gasteiger partial charge is 0.273 e. The van der Waals surface area contributed by atoms with Crippen LogP contribution in [0.3, 0.4) is 0 Å². The number of nitrogens with one attached hydrogen (secondary N) is 1. The highest BCUT2D eigenvalue weighted by Crippen LogP contribution is 2.35. The van der Waals surface area contributed by atoms with Crippen molar-refractivity contribution in [3.05, 3.63) is 59.4 Å². The molecule has 5 rings (SSSR count). The number of carbonyl (C=O) groups excluding carboxylic acids is 1. The van der Waals surface area contributed by atoms with Crippen LogP contribution in [0.15, 0.2) is 47.8 Å². The highest BCUT2D eigenvalue weighted by Gasteiger charge is 2.25. The highest BCUT2D eigenvalue weighted by molar-refractivity contribution is 7.14. The fraction of sp³-hybridized carbons (Fsp3) is 0.238. The third-order valence-corrected chi connectivity index (χ3v) is 5.86. The van der Waals surface area contributed by atoms with E-state index in [1.807, 2.05) is 29.2 Å². The Morgan fingerprint density at radius 1 is 1.07 bits per heavy atom. The summed E-state index contributed by atoms with van der Waals surface area (Å²) >= 11 is 1.37. The number of nitrogens with zero attached hydrogens (tertiary/aromatic N) is 3. The van der Waals surface area contributed by atoms with E-state index in [-0.39, 0.29) is 18.5 Å². The minimum absolute atomic E-state index is 0.113. The van der Waals surface area contributed by atoms with Crippen LogP contribution < -0.4 is 19.7 Å². The number of anilines is 3. The summed E-state index contributed by atoms with van der Waals surface area (Å²) in [5.74, 6) is 1.04.